The summed E-state index contributed by atoms with van der Waals surface area (Å²) < 4.78 is 0. The number of hydrogen-bond acceptors (Lipinski definition) is 0. The van der Waals surface area contributed by atoms with Gasteiger partial charge in [-0.25, -0.2) is 0 Å². The zero-order valence-electron chi connectivity index (χ0n) is 6.44. The molecular weight excluding hydrogens is 173 g/mol. The molecule has 0 aliphatic rings. The fraction of sp³-hybridized carbons (Fsp3) is 1.00. The van der Waals surface area contributed by atoms with E-state index in [0.717, 1.165) is 11.8 Å². The Morgan fingerprint density at radius 1 is 0.875 bits per heavy atom. The van der Waals surface area contributed by atoms with Crippen molar-refractivity contribution in [2.45, 2.75) is 34.1 Å². The summed E-state index contributed by atoms with van der Waals surface area (Å²) in [6.45, 7) is 9.06. The first-order valence-electron chi connectivity index (χ1n) is 3.13. The average Bonchev–Trinajstić information content (AvgIpc) is 1.27. The van der Waals surface area contributed by atoms with E-state index in [2.05, 4.69) is 27.7 Å². The van der Waals surface area contributed by atoms with Crippen LogP contribution in [0.4, 0.5) is 0 Å². The van der Waals surface area contributed by atoms with Crippen molar-refractivity contribution >= 4 is 0 Å². The van der Waals surface area contributed by atoms with E-state index in [9.17, 15) is 0 Å². The van der Waals surface area contributed by atoms with Crippen molar-refractivity contribution in [3.05, 3.63) is 0 Å². The van der Waals surface area contributed by atoms with Gasteiger partial charge in [0.1, 0.15) is 0 Å². The molecule has 0 aliphatic heterocycles. The molecule has 0 aromatic rings. The van der Waals surface area contributed by atoms with Gasteiger partial charge in [-0.05, 0) is 18.3 Å². The van der Waals surface area contributed by atoms with Crippen molar-refractivity contribution in [3.63, 3.8) is 0 Å². The largest absolute Gasteiger partial charge is 0.0628 e. The molecule has 0 spiro atoms. The Hall–Kier alpha value is 1.10. The fourth-order valence-corrected chi connectivity index (χ4v) is 0.943. The molecule has 0 aromatic heterocycles. The first kappa shape index (κ1) is 11.8. The Kier molecular flexibility index (Phi) is 9.22. The predicted octanol–water partition coefficient (Wildman–Crippen LogP) is 2.69. The summed E-state index contributed by atoms with van der Waals surface area (Å²) in [6, 6.07) is 0. The number of rotatable bonds is 2. The molecule has 47 valence electrons. The van der Waals surface area contributed by atoms with Gasteiger partial charge >= 0.3 is 0 Å². The Balaban J connectivity index is 0. The summed E-state index contributed by atoms with van der Waals surface area (Å²) in [5.74, 6) is 1.75. The van der Waals surface area contributed by atoms with Crippen LogP contribution in [0.25, 0.3) is 0 Å². The van der Waals surface area contributed by atoms with Gasteiger partial charge in [-0.2, -0.15) is 0 Å². The van der Waals surface area contributed by atoms with Gasteiger partial charge in [0, 0.05) is 32.7 Å². The Labute approximate surface area is 78.3 Å². The van der Waals surface area contributed by atoms with Crippen LogP contribution in [0.1, 0.15) is 34.1 Å². The molecule has 0 unspecified atom stereocenters. The zero-order chi connectivity index (χ0) is 5.86. The summed E-state index contributed by atoms with van der Waals surface area (Å²) in [6.07, 6.45) is 1.36. The molecule has 1 heteroatoms. The molecule has 0 aromatic carbocycles. The maximum Gasteiger partial charge on any atom is 0 e. The van der Waals surface area contributed by atoms with Crippen LogP contribution >= 0.6 is 0 Å². The van der Waals surface area contributed by atoms with E-state index < -0.39 is 0 Å². The van der Waals surface area contributed by atoms with Crippen molar-refractivity contribution in [1.29, 1.82) is 0 Å². The van der Waals surface area contributed by atoms with Gasteiger partial charge in [0.05, 0.1) is 0 Å². The minimum Gasteiger partial charge on any atom is -0.0628 e. The predicted molar refractivity (Wildman–Crippen MR) is 34.3 cm³/mol. The summed E-state index contributed by atoms with van der Waals surface area (Å²) in [4.78, 5) is 0. The molecule has 1 radical (unpaired) electrons. The van der Waals surface area contributed by atoms with Gasteiger partial charge in [0.2, 0.25) is 0 Å². The molecule has 0 atom stereocenters. The summed E-state index contributed by atoms with van der Waals surface area (Å²) in [5.41, 5.74) is 0. The Bertz CT molecular complexity index is 33.7. The second kappa shape index (κ2) is 6.23. The fourth-order valence-electron chi connectivity index (χ4n) is 0.943. The summed E-state index contributed by atoms with van der Waals surface area (Å²) in [5, 5.41) is 0. The molecule has 8 heavy (non-hydrogen) atoms. The maximum absolute atomic E-state index is 2.26. The normalized spacial score (nSPS) is 9.75. The van der Waals surface area contributed by atoms with Crippen molar-refractivity contribution in [2.75, 3.05) is 0 Å². The summed E-state index contributed by atoms with van der Waals surface area (Å²) >= 11 is 0. The molecule has 0 saturated carbocycles. The molecule has 0 bridgehead atoms. The number of hydrogen-bond donors (Lipinski definition) is 0. The second-order valence-corrected chi connectivity index (χ2v) is 3.02. The third-order valence-corrected chi connectivity index (χ3v) is 0.943. The summed E-state index contributed by atoms with van der Waals surface area (Å²) in [7, 11) is 0. The van der Waals surface area contributed by atoms with Crippen LogP contribution in [0.3, 0.4) is 0 Å². The molecule has 0 nitrogen and oxygen atoms in total. The molecule has 0 N–H and O–H groups in total. The first-order valence-corrected chi connectivity index (χ1v) is 3.13. The topological polar surface area (TPSA) is 0 Å². The van der Waals surface area contributed by atoms with Gasteiger partial charge < -0.3 is 0 Å². The minimum atomic E-state index is 0. The van der Waals surface area contributed by atoms with Crippen molar-refractivity contribution < 1.29 is 32.7 Å². The van der Waals surface area contributed by atoms with Gasteiger partial charge in [-0.15, -0.1) is 0 Å². The van der Waals surface area contributed by atoms with Gasteiger partial charge in [-0.1, -0.05) is 27.7 Å². The van der Waals surface area contributed by atoms with Crippen LogP contribution in [-0.2, 0) is 32.7 Å². The standard InChI is InChI=1S/C7H16.Y/c1-6(2)5-7(3)4;/h6-7H,5H2,1-4H3;. The van der Waals surface area contributed by atoms with Gasteiger partial charge in [0.15, 0.2) is 0 Å². The zero-order valence-corrected chi connectivity index (χ0v) is 9.28. The maximum atomic E-state index is 2.26. The molecule has 0 aliphatic carbocycles. The van der Waals surface area contributed by atoms with Crippen LogP contribution in [0, 0.1) is 11.8 Å². The molecular formula is C7H16Y. The molecule has 0 rings (SSSR count). The van der Waals surface area contributed by atoms with E-state index in [1.807, 2.05) is 0 Å². The van der Waals surface area contributed by atoms with Crippen LogP contribution in [0.5, 0.6) is 0 Å². The van der Waals surface area contributed by atoms with Crippen LogP contribution < -0.4 is 0 Å². The smallest absolute Gasteiger partial charge is 0 e. The molecule has 0 saturated heterocycles. The quantitative estimate of drug-likeness (QED) is 0.626. The van der Waals surface area contributed by atoms with Crippen LogP contribution in [0.15, 0.2) is 0 Å². The monoisotopic (exact) mass is 189 g/mol. The van der Waals surface area contributed by atoms with Gasteiger partial charge in [-0.3, -0.25) is 0 Å². The Morgan fingerprint density at radius 2 is 1.12 bits per heavy atom. The third kappa shape index (κ3) is 10.2. The molecule has 0 heterocycles. The van der Waals surface area contributed by atoms with E-state index in [-0.39, 0.29) is 32.7 Å². The third-order valence-electron chi connectivity index (χ3n) is 0.943. The van der Waals surface area contributed by atoms with E-state index in [1.165, 1.54) is 6.42 Å². The van der Waals surface area contributed by atoms with Crippen LogP contribution in [0.2, 0.25) is 0 Å². The average molecular weight is 189 g/mol. The minimum absolute atomic E-state index is 0. The van der Waals surface area contributed by atoms with E-state index >= 15 is 0 Å². The van der Waals surface area contributed by atoms with E-state index in [1.54, 1.807) is 0 Å². The van der Waals surface area contributed by atoms with E-state index in [0.29, 0.717) is 0 Å². The van der Waals surface area contributed by atoms with E-state index in [4.69, 9.17) is 0 Å². The SMILES string of the molecule is CC(C)CC(C)C.[Y]. The molecule has 0 fully saturated rings. The second-order valence-electron chi connectivity index (χ2n) is 3.02. The Morgan fingerprint density at radius 3 is 1.12 bits per heavy atom. The van der Waals surface area contributed by atoms with Crippen molar-refractivity contribution in [2.24, 2.45) is 11.8 Å². The van der Waals surface area contributed by atoms with Gasteiger partial charge in [0.25, 0.3) is 0 Å². The van der Waals surface area contributed by atoms with Crippen LogP contribution in [-0.4, -0.2) is 0 Å². The van der Waals surface area contributed by atoms with Crippen molar-refractivity contribution in [1.82, 2.24) is 0 Å². The first-order chi connectivity index (χ1) is 3.13. The van der Waals surface area contributed by atoms with Crippen molar-refractivity contribution in [3.8, 4) is 0 Å². The molecule has 0 amide bonds.